The third-order valence-electron chi connectivity index (χ3n) is 5.06. The number of fused-ring (bicyclic) bond motifs is 1. The van der Waals surface area contributed by atoms with Crippen LogP contribution in [-0.2, 0) is 6.42 Å². The van der Waals surface area contributed by atoms with Crippen molar-refractivity contribution in [3.05, 3.63) is 76.6 Å². The number of carbonyl (C=O) groups excluding carboxylic acids is 1. The molecule has 1 aliphatic heterocycles. The van der Waals surface area contributed by atoms with Gasteiger partial charge >= 0.3 is 0 Å². The number of amides is 1. The fraction of sp³-hybridized carbons (Fsp3) is 0.261. The highest BCUT2D eigenvalue weighted by Gasteiger charge is 2.21. The van der Waals surface area contributed by atoms with E-state index in [4.69, 9.17) is 0 Å². The van der Waals surface area contributed by atoms with Gasteiger partial charge in [0.15, 0.2) is 0 Å². The molecule has 0 radical (unpaired) electrons. The van der Waals surface area contributed by atoms with Gasteiger partial charge in [0, 0.05) is 23.6 Å². The first-order chi connectivity index (χ1) is 13.5. The van der Waals surface area contributed by atoms with Gasteiger partial charge in [-0.3, -0.25) is 4.79 Å². The van der Waals surface area contributed by atoms with Crippen molar-refractivity contribution in [2.45, 2.75) is 33.6 Å². The molecule has 0 unspecified atom stereocenters. The van der Waals surface area contributed by atoms with Crippen LogP contribution in [0.15, 0.2) is 48.5 Å². The van der Waals surface area contributed by atoms with Crippen LogP contribution in [0.2, 0.25) is 0 Å². The molecule has 0 saturated carbocycles. The van der Waals surface area contributed by atoms with Gasteiger partial charge in [-0.25, -0.2) is 9.97 Å². The number of nitrogens with zero attached hydrogens (tertiary/aromatic N) is 3. The monoisotopic (exact) mass is 372 g/mol. The van der Waals surface area contributed by atoms with E-state index in [1.165, 1.54) is 11.1 Å². The van der Waals surface area contributed by atoms with E-state index >= 15 is 0 Å². The Labute approximate surface area is 165 Å². The van der Waals surface area contributed by atoms with Crippen molar-refractivity contribution in [1.82, 2.24) is 9.97 Å². The molecule has 5 nitrogen and oxygen atoms in total. The molecule has 0 fully saturated rings. The van der Waals surface area contributed by atoms with Gasteiger partial charge in [-0.2, -0.15) is 0 Å². The average Bonchev–Trinajstić information content (AvgIpc) is 2.69. The number of aromatic nitrogens is 2. The Hall–Kier alpha value is -3.21. The maximum absolute atomic E-state index is 12.9. The van der Waals surface area contributed by atoms with Gasteiger partial charge in [0.2, 0.25) is 5.95 Å². The lowest BCUT2D eigenvalue weighted by Gasteiger charge is -2.29. The molecular formula is C23H24N4O. The largest absolute Gasteiger partial charge is 0.320 e. The predicted octanol–water partition coefficient (Wildman–Crippen LogP) is 4.74. The van der Waals surface area contributed by atoms with Crippen molar-refractivity contribution in [3.8, 4) is 0 Å². The van der Waals surface area contributed by atoms with Gasteiger partial charge in [0.05, 0.1) is 0 Å². The molecule has 1 aliphatic rings. The van der Waals surface area contributed by atoms with Crippen LogP contribution in [-0.4, -0.2) is 22.4 Å². The van der Waals surface area contributed by atoms with E-state index in [9.17, 15) is 4.79 Å². The molecule has 1 amide bonds. The lowest BCUT2D eigenvalue weighted by Crippen LogP contribution is -2.27. The van der Waals surface area contributed by atoms with Crippen molar-refractivity contribution in [2.75, 3.05) is 16.8 Å². The molecule has 0 saturated heterocycles. The number of hydrogen-bond acceptors (Lipinski definition) is 4. The third kappa shape index (κ3) is 3.60. The van der Waals surface area contributed by atoms with Gasteiger partial charge in [0.1, 0.15) is 5.69 Å². The Morgan fingerprint density at radius 1 is 1.04 bits per heavy atom. The van der Waals surface area contributed by atoms with E-state index in [2.05, 4.69) is 44.5 Å². The number of anilines is 3. The highest BCUT2D eigenvalue weighted by Crippen LogP contribution is 2.31. The first-order valence-corrected chi connectivity index (χ1v) is 9.61. The quantitative estimate of drug-likeness (QED) is 0.721. The molecule has 28 heavy (non-hydrogen) atoms. The second kappa shape index (κ2) is 7.43. The van der Waals surface area contributed by atoms with E-state index in [0.29, 0.717) is 11.6 Å². The Kier molecular flexibility index (Phi) is 4.82. The molecule has 5 heteroatoms. The number of carbonyl (C=O) groups is 1. The van der Waals surface area contributed by atoms with Crippen molar-refractivity contribution in [1.29, 1.82) is 0 Å². The SMILES string of the molecule is Cc1ccc(NC(=O)c2cc(C)nc(N3CCCc4ccccc43)n2)c(C)c1. The van der Waals surface area contributed by atoms with Crippen LogP contribution >= 0.6 is 0 Å². The van der Waals surface area contributed by atoms with Crippen molar-refractivity contribution in [2.24, 2.45) is 0 Å². The topological polar surface area (TPSA) is 58.1 Å². The highest BCUT2D eigenvalue weighted by atomic mass is 16.1. The summed E-state index contributed by atoms with van der Waals surface area (Å²) in [7, 11) is 0. The maximum Gasteiger partial charge on any atom is 0.274 e. The van der Waals surface area contributed by atoms with Crippen LogP contribution < -0.4 is 10.2 Å². The summed E-state index contributed by atoms with van der Waals surface area (Å²) >= 11 is 0. The Bertz CT molecular complexity index is 1040. The molecule has 142 valence electrons. The Balaban J connectivity index is 1.65. The average molecular weight is 372 g/mol. The normalized spacial score (nSPS) is 13.2. The molecule has 0 atom stereocenters. The second-order valence-electron chi connectivity index (χ2n) is 7.35. The minimum absolute atomic E-state index is 0.219. The number of benzene rings is 2. The van der Waals surface area contributed by atoms with E-state index in [0.717, 1.165) is 42.0 Å². The van der Waals surface area contributed by atoms with Crippen LogP contribution in [0.3, 0.4) is 0 Å². The molecule has 1 aromatic heterocycles. The minimum atomic E-state index is -0.219. The van der Waals surface area contributed by atoms with Crippen molar-refractivity contribution < 1.29 is 4.79 Å². The van der Waals surface area contributed by atoms with Crippen LogP contribution in [0.25, 0.3) is 0 Å². The molecule has 2 heterocycles. The van der Waals surface area contributed by atoms with Crippen LogP contribution in [0, 0.1) is 20.8 Å². The van der Waals surface area contributed by atoms with Crippen molar-refractivity contribution in [3.63, 3.8) is 0 Å². The number of aryl methyl sites for hydroxylation is 4. The zero-order valence-corrected chi connectivity index (χ0v) is 16.5. The minimum Gasteiger partial charge on any atom is -0.320 e. The van der Waals surface area contributed by atoms with E-state index in [1.54, 1.807) is 6.07 Å². The number of para-hydroxylation sites is 1. The van der Waals surface area contributed by atoms with Gasteiger partial charge in [-0.1, -0.05) is 35.9 Å². The molecular weight excluding hydrogens is 348 g/mol. The summed E-state index contributed by atoms with van der Waals surface area (Å²) < 4.78 is 0. The summed E-state index contributed by atoms with van der Waals surface area (Å²) in [6, 6.07) is 16.0. The first-order valence-electron chi connectivity index (χ1n) is 9.61. The molecule has 0 aliphatic carbocycles. The molecule has 0 spiro atoms. The highest BCUT2D eigenvalue weighted by molar-refractivity contribution is 6.03. The summed E-state index contributed by atoms with van der Waals surface area (Å²) in [5.74, 6) is 0.363. The van der Waals surface area contributed by atoms with E-state index < -0.39 is 0 Å². The first kappa shape index (κ1) is 18.2. The fourth-order valence-electron chi connectivity index (χ4n) is 3.67. The van der Waals surface area contributed by atoms with Crippen LogP contribution in [0.5, 0.6) is 0 Å². The Morgan fingerprint density at radius 2 is 1.86 bits per heavy atom. The molecule has 0 bridgehead atoms. The van der Waals surface area contributed by atoms with Gasteiger partial charge in [-0.05, 0) is 62.9 Å². The summed E-state index contributed by atoms with van der Waals surface area (Å²) in [5.41, 5.74) is 6.57. The molecule has 4 rings (SSSR count). The summed E-state index contributed by atoms with van der Waals surface area (Å²) in [6.07, 6.45) is 2.09. The lowest BCUT2D eigenvalue weighted by atomic mass is 10.0. The fourth-order valence-corrected chi connectivity index (χ4v) is 3.67. The lowest BCUT2D eigenvalue weighted by molar-refractivity contribution is 0.102. The molecule has 3 aromatic rings. The van der Waals surface area contributed by atoms with Gasteiger partial charge < -0.3 is 10.2 Å². The molecule has 2 aromatic carbocycles. The predicted molar refractivity (Wildman–Crippen MR) is 112 cm³/mol. The second-order valence-corrected chi connectivity index (χ2v) is 7.35. The zero-order chi connectivity index (χ0) is 19.7. The van der Waals surface area contributed by atoms with Crippen LogP contribution in [0.4, 0.5) is 17.3 Å². The number of hydrogen-bond donors (Lipinski definition) is 1. The number of rotatable bonds is 3. The standard InChI is InChI=1S/C23H24N4O/c1-15-10-11-19(16(2)13-15)25-22(28)20-14-17(3)24-23(26-20)27-12-6-8-18-7-4-5-9-21(18)27/h4-5,7,9-11,13-14H,6,8,12H2,1-3H3,(H,25,28). The van der Waals surface area contributed by atoms with Crippen molar-refractivity contribution >= 4 is 23.2 Å². The van der Waals surface area contributed by atoms with E-state index in [-0.39, 0.29) is 5.91 Å². The van der Waals surface area contributed by atoms with E-state index in [1.807, 2.05) is 39.0 Å². The molecule has 1 N–H and O–H groups in total. The smallest absolute Gasteiger partial charge is 0.274 e. The summed E-state index contributed by atoms with van der Waals surface area (Å²) in [6.45, 7) is 6.77. The zero-order valence-electron chi connectivity index (χ0n) is 16.5. The van der Waals surface area contributed by atoms with Gasteiger partial charge in [0.25, 0.3) is 5.91 Å². The van der Waals surface area contributed by atoms with Gasteiger partial charge in [-0.15, -0.1) is 0 Å². The summed E-state index contributed by atoms with van der Waals surface area (Å²) in [4.78, 5) is 24.2. The third-order valence-corrected chi connectivity index (χ3v) is 5.06. The maximum atomic E-state index is 12.9. The summed E-state index contributed by atoms with van der Waals surface area (Å²) in [5, 5.41) is 2.98. The Morgan fingerprint density at radius 3 is 2.68 bits per heavy atom. The van der Waals surface area contributed by atoms with Crippen LogP contribution in [0.1, 0.15) is 39.3 Å². The number of nitrogens with one attached hydrogen (secondary N) is 1.